The summed E-state index contributed by atoms with van der Waals surface area (Å²) in [5.74, 6) is -0.844. The van der Waals surface area contributed by atoms with Gasteiger partial charge in [0, 0.05) is 25.7 Å². The van der Waals surface area contributed by atoms with Crippen LogP contribution in [0.4, 0.5) is 23.2 Å². The van der Waals surface area contributed by atoms with Crippen molar-refractivity contribution in [1.82, 2.24) is 15.2 Å². The third kappa shape index (κ3) is 5.54. The van der Waals surface area contributed by atoms with Crippen molar-refractivity contribution >= 4 is 11.6 Å². The van der Waals surface area contributed by atoms with E-state index in [0.717, 1.165) is 44.6 Å². The summed E-state index contributed by atoms with van der Waals surface area (Å²) in [6.07, 6.45) is -0.233. The second kappa shape index (κ2) is 8.41. The van der Waals surface area contributed by atoms with Crippen LogP contribution >= 0.6 is 0 Å². The molecule has 9 heteroatoms. The van der Waals surface area contributed by atoms with Crippen LogP contribution in [-0.4, -0.2) is 66.9 Å². The number of anilines is 1. The van der Waals surface area contributed by atoms with E-state index in [2.05, 4.69) is 14.8 Å². The lowest BCUT2D eigenvalue weighted by Crippen LogP contribution is -2.49. The molecule has 1 atom stereocenters. The summed E-state index contributed by atoms with van der Waals surface area (Å²) in [6.45, 7) is 1.71. The highest BCUT2D eigenvalue weighted by Gasteiger charge is 2.30. The molecular formula is C18H24F4N4O. The normalized spacial score (nSPS) is 22.7. The molecule has 2 fully saturated rings. The highest BCUT2D eigenvalue weighted by atomic mass is 19.4. The number of halogens is 4. The van der Waals surface area contributed by atoms with Crippen molar-refractivity contribution < 1.29 is 22.4 Å². The number of aromatic nitrogens is 1. The van der Waals surface area contributed by atoms with Gasteiger partial charge in [-0.2, -0.15) is 13.2 Å². The Bertz CT molecular complexity index is 629. The summed E-state index contributed by atoms with van der Waals surface area (Å²) >= 11 is 0. The zero-order chi connectivity index (χ0) is 19.4. The molecule has 3 rings (SSSR count). The number of alkyl halides is 4. The fourth-order valence-electron chi connectivity index (χ4n) is 3.75. The Kier molecular flexibility index (Phi) is 6.18. The Morgan fingerprint density at radius 1 is 1.19 bits per heavy atom. The quantitative estimate of drug-likeness (QED) is 0.806. The van der Waals surface area contributed by atoms with E-state index in [1.54, 1.807) is 6.07 Å². The fourth-order valence-corrected chi connectivity index (χ4v) is 3.75. The molecule has 3 heterocycles. The average Bonchev–Trinajstić information content (AvgIpc) is 2.66. The van der Waals surface area contributed by atoms with Crippen molar-refractivity contribution in [3.63, 3.8) is 0 Å². The molecule has 1 N–H and O–H groups in total. The largest absolute Gasteiger partial charge is 0.405 e. The van der Waals surface area contributed by atoms with Gasteiger partial charge in [0.15, 0.2) is 0 Å². The highest BCUT2D eigenvalue weighted by molar-refractivity contribution is 5.92. The predicted octanol–water partition coefficient (Wildman–Crippen LogP) is 2.78. The van der Waals surface area contributed by atoms with Gasteiger partial charge in [-0.15, -0.1) is 0 Å². The van der Waals surface area contributed by atoms with Gasteiger partial charge in [-0.05, 0) is 44.4 Å². The van der Waals surface area contributed by atoms with Crippen LogP contribution in [0.5, 0.6) is 0 Å². The minimum Gasteiger partial charge on any atom is -0.370 e. The Morgan fingerprint density at radius 3 is 2.52 bits per heavy atom. The standard InChI is InChI=1S/C18H24F4N4O/c19-13-2-1-7-26(11-13)14-5-8-25(9-6-14)15-3-4-16(23-10-15)17(27)24-12-18(20,21)22/h3-4,10,13-14H,1-2,5-9,11-12H2,(H,24,27). The van der Waals surface area contributed by atoms with Gasteiger partial charge < -0.3 is 10.2 Å². The van der Waals surface area contributed by atoms with Crippen molar-refractivity contribution in [2.45, 2.75) is 44.1 Å². The number of amides is 1. The van der Waals surface area contributed by atoms with E-state index in [4.69, 9.17) is 0 Å². The number of carbonyl (C=O) groups is 1. The summed E-state index contributed by atoms with van der Waals surface area (Å²) in [5.41, 5.74) is 0.794. The SMILES string of the molecule is O=C(NCC(F)(F)F)c1ccc(N2CCC(N3CCCC(F)C3)CC2)cn1. The van der Waals surface area contributed by atoms with E-state index >= 15 is 0 Å². The number of rotatable bonds is 4. The molecule has 1 amide bonds. The first-order chi connectivity index (χ1) is 12.8. The second-order valence-corrected chi connectivity index (χ2v) is 7.15. The summed E-state index contributed by atoms with van der Waals surface area (Å²) in [4.78, 5) is 20.1. The number of nitrogens with zero attached hydrogens (tertiary/aromatic N) is 3. The van der Waals surface area contributed by atoms with Gasteiger partial charge >= 0.3 is 6.18 Å². The van der Waals surface area contributed by atoms with Crippen molar-refractivity contribution in [3.05, 3.63) is 24.0 Å². The minimum absolute atomic E-state index is 0.0415. The molecule has 0 aromatic carbocycles. The predicted molar refractivity (Wildman–Crippen MR) is 93.6 cm³/mol. The van der Waals surface area contributed by atoms with Crippen LogP contribution in [0.3, 0.4) is 0 Å². The van der Waals surface area contributed by atoms with Crippen molar-refractivity contribution in [2.75, 3.05) is 37.6 Å². The van der Waals surface area contributed by atoms with Crippen LogP contribution in [0.15, 0.2) is 18.3 Å². The molecule has 150 valence electrons. The minimum atomic E-state index is -4.45. The molecular weight excluding hydrogens is 364 g/mol. The summed E-state index contributed by atoms with van der Waals surface area (Å²) in [6, 6.07) is 3.53. The zero-order valence-corrected chi connectivity index (χ0v) is 15.0. The first-order valence-corrected chi connectivity index (χ1v) is 9.26. The van der Waals surface area contributed by atoms with E-state index in [0.29, 0.717) is 19.0 Å². The lowest BCUT2D eigenvalue weighted by atomic mass is 9.99. The zero-order valence-electron chi connectivity index (χ0n) is 15.0. The van der Waals surface area contributed by atoms with E-state index in [9.17, 15) is 22.4 Å². The maximum atomic E-state index is 13.6. The van der Waals surface area contributed by atoms with Gasteiger partial charge in [-0.1, -0.05) is 0 Å². The van der Waals surface area contributed by atoms with Gasteiger partial charge in [-0.25, -0.2) is 9.37 Å². The van der Waals surface area contributed by atoms with E-state index in [1.807, 2.05) is 5.32 Å². The molecule has 1 unspecified atom stereocenters. The van der Waals surface area contributed by atoms with Crippen LogP contribution in [-0.2, 0) is 0 Å². The summed E-state index contributed by atoms with van der Waals surface area (Å²) in [5, 5.41) is 1.81. The fraction of sp³-hybridized carbons (Fsp3) is 0.667. The Labute approximate surface area is 155 Å². The average molecular weight is 388 g/mol. The Hall–Kier alpha value is -1.90. The molecule has 0 bridgehead atoms. The number of likely N-dealkylation sites (tertiary alicyclic amines) is 1. The van der Waals surface area contributed by atoms with Crippen molar-refractivity contribution in [2.24, 2.45) is 0 Å². The molecule has 0 saturated carbocycles. The summed E-state index contributed by atoms with van der Waals surface area (Å²) < 4.78 is 50.1. The van der Waals surface area contributed by atoms with Gasteiger partial charge in [0.25, 0.3) is 5.91 Å². The van der Waals surface area contributed by atoms with Crippen LogP contribution in [0.25, 0.3) is 0 Å². The molecule has 0 aliphatic carbocycles. The number of hydrogen-bond acceptors (Lipinski definition) is 4. The summed E-state index contributed by atoms with van der Waals surface area (Å²) in [7, 11) is 0. The number of pyridine rings is 1. The molecule has 1 aromatic heterocycles. The molecule has 0 spiro atoms. The van der Waals surface area contributed by atoms with Crippen LogP contribution in [0.1, 0.15) is 36.2 Å². The van der Waals surface area contributed by atoms with Gasteiger partial charge in [0.05, 0.1) is 11.9 Å². The van der Waals surface area contributed by atoms with Crippen LogP contribution in [0, 0.1) is 0 Å². The van der Waals surface area contributed by atoms with Crippen molar-refractivity contribution in [1.29, 1.82) is 0 Å². The topological polar surface area (TPSA) is 48.5 Å². The molecule has 1 aromatic rings. The first-order valence-electron chi connectivity index (χ1n) is 9.26. The molecule has 5 nitrogen and oxygen atoms in total. The molecule has 2 saturated heterocycles. The smallest absolute Gasteiger partial charge is 0.370 e. The Balaban J connectivity index is 1.50. The van der Waals surface area contributed by atoms with E-state index in [1.165, 1.54) is 12.3 Å². The third-order valence-electron chi connectivity index (χ3n) is 5.17. The number of piperidine rings is 2. The van der Waals surface area contributed by atoms with Gasteiger partial charge in [-0.3, -0.25) is 9.69 Å². The molecule has 2 aliphatic heterocycles. The van der Waals surface area contributed by atoms with E-state index < -0.39 is 24.8 Å². The van der Waals surface area contributed by atoms with Crippen molar-refractivity contribution in [3.8, 4) is 0 Å². The molecule has 2 aliphatic rings. The van der Waals surface area contributed by atoms with Crippen LogP contribution in [0.2, 0.25) is 0 Å². The monoisotopic (exact) mass is 388 g/mol. The lowest BCUT2D eigenvalue weighted by molar-refractivity contribution is -0.123. The van der Waals surface area contributed by atoms with Gasteiger partial charge in [0.1, 0.15) is 18.4 Å². The lowest BCUT2D eigenvalue weighted by Gasteiger charge is -2.41. The molecule has 0 radical (unpaired) electrons. The Morgan fingerprint density at radius 2 is 1.93 bits per heavy atom. The second-order valence-electron chi connectivity index (χ2n) is 7.15. The van der Waals surface area contributed by atoms with E-state index in [-0.39, 0.29) is 5.69 Å². The maximum absolute atomic E-state index is 13.6. The number of nitrogens with one attached hydrogen (secondary N) is 1. The van der Waals surface area contributed by atoms with Crippen LogP contribution < -0.4 is 10.2 Å². The van der Waals surface area contributed by atoms with Gasteiger partial charge in [0.2, 0.25) is 0 Å². The number of hydrogen-bond donors (Lipinski definition) is 1. The maximum Gasteiger partial charge on any atom is 0.405 e. The highest BCUT2D eigenvalue weighted by Crippen LogP contribution is 2.25. The third-order valence-corrected chi connectivity index (χ3v) is 5.17. The number of carbonyl (C=O) groups excluding carboxylic acids is 1. The molecule has 27 heavy (non-hydrogen) atoms. The first kappa shape index (κ1) is 19.9.